The van der Waals surface area contributed by atoms with Gasteiger partial charge < -0.3 is 0 Å². The summed E-state index contributed by atoms with van der Waals surface area (Å²) in [5.74, 6) is 0. The van der Waals surface area contributed by atoms with Crippen molar-refractivity contribution in [2.24, 2.45) is 0 Å². The Kier molecular flexibility index (Phi) is 12.4. The first kappa shape index (κ1) is 24.0. The molecular formula is C22H43ClSi. The molecule has 0 aromatic heterocycles. The van der Waals surface area contributed by atoms with E-state index in [0.29, 0.717) is 0 Å². The lowest BCUT2D eigenvalue weighted by molar-refractivity contribution is 0.509. The van der Waals surface area contributed by atoms with Gasteiger partial charge in [-0.05, 0) is 33.1 Å². The van der Waals surface area contributed by atoms with Crippen LogP contribution in [-0.4, -0.2) is 12.9 Å². The summed E-state index contributed by atoms with van der Waals surface area (Å²) in [6.07, 6.45) is 16.4. The van der Waals surface area contributed by atoms with Gasteiger partial charge in [-0.15, -0.1) is 18.2 Å². The molecule has 0 aliphatic carbocycles. The number of rotatable bonds is 14. The van der Waals surface area contributed by atoms with Crippen molar-refractivity contribution >= 4 is 19.7 Å². The van der Waals surface area contributed by atoms with E-state index in [1.165, 1.54) is 62.1 Å². The van der Waals surface area contributed by atoms with Crippen LogP contribution >= 0.6 is 11.6 Å². The van der Waals surface area contributed by atoms with Gasteiger partial charge >= 0.3 is 0 Å². The Morgan fingerprint density at radius 1 is 0.917 bits per heavy atom. The number of unbranched alkanes of at least 4 members (excludes halogenated alkanes) is 7. The van der Waals surface area contributed by atoms with Crippen molar-refractivity contribution in [3.05, 3.63) is 23.4 Å². The van der Waals surface area contributed by atoms with E-state index in [4.69, 9.17) is 11.6 Å². The van der Waals surface area contributed by atoms with Crippen LogP contribution in [0.1, 0.15) is 91.4 Å². The minimum atomic E-state index is -1.41. The molecule has 0 nitrogen and oxygen atoms in total. The van der Waals surface area contributed by atoms with Crippen molar-refractivity contribution in [1.82, 2.24) is 0 Å². The quantitative estimate of drug-likeness (QED) is 0.124. The Hall–Kier alpha value is -0.0131. The van der Waals surface area contributed by atoms with Crippen LogP contribution in [0, 0.1) is 0 Å². The molecular weight excluding hydrogens is 328 g/mol. The number of hydrogen-bond acceptors (Lipinski definition) is 0. The molecule has 0 amide bonds. The summed E-state index contributed by atoms with van der Waals surface area (Å²) < 4.78 is 0. The first-order valence-corrected chi connectivity index (χ1v) is 14.0. The Balaban J connectivity index is 4.40. The highest BCUT2D eigenvalue weighted by Gasteiger charge is 2.36. The predicted molar refractivity (Wildman–Crippen MR) is 117 cm³/mol. The molecule has 0 rings (SSSR count). The maximum atomic E-state index is 7.15. The van der Waals surface area contributed by atoms with Gasteiger partial charge in [-0.3, -0.25) is 0 Å². The van der Waals surface area contributed by atoms with Crippen LogP contribution in [0.2, 0.25) is 19.6 Å². The van der Waals surface area contributed by atoms with Gasteiger partial charge in [0.15, 0.2) is 0 Å². The molecule has 2 heteroatoms. The van der Waals surface area contributed by atoms with Gasteiger partial charge in [-0.2, -0.15) is 0 Å². The summed E-state index contributed by atoms with van der Waals surface area (Å²) in [4.78, 5) is -0.182. The number of halogens is 1. The molecule has 0 aromatic carbocycles. The zero-order valence-corrected chi connectivity index (χ0v) is 19.2. The molecule has 0 aliphatic heterocycles. The third-order valence-electron chi connectivity index (χ3n) is 4.97. The fourth-order valence-electron chi connectivity index (χ4n) is 3.23. The summed E-state index contributed by atoms with van der Waals surface area (Å²) in [5.41, 5.74) is 1.39. The first-order valence-electron chi connectivity index (χ1n) is 10.2. The van der Waals surface area contributed by atoms with Gasteiger partial charge in [-0.25, -0.2) is 0 Å². The smallest absolute Gasteiger partial charge is 0.0739 e. The second-order valence-corrected chi connectivity index (χ2v) is 14.6. The van der Waals surface area contributed by atoms with Crippen LogP contribution in [0.15, 0.2) is 23.4 Å². The van der Waals surface area contributed by atoms with Gasteiger partial charge in [0.1, 0.15) is 0 Å². The van der Waals surface area contributed by atoms with Crippen LogP contribution in [0.3, 0.4) is 0 Å². The minimum absolute atomic E-state index is 0.182. The molecule has 0 aliphatic rings. The second-order valence-electron chi connectivity index (χ2n) is 8.74. The van der Waals surface area contributed by atoms with Crippen LogP contribution in [0.25, 0.3) is 0 Å². The maximum absolute atomic E-state index is 7.15. The standard InChI is InChI=1S/C22H43ClSi/c1-8-9-10-11-12-13-14-15-18-22(23,19-16-17-20(2)3)21(4)24(5,6)7/h17H,4,8-16,18-19H2,1-3,5-7H3. The fourth-order valence-corrected chi connectivity index (χ4v) is 5.91. The maximum Gasteiger partial charge on any atom is 0.0739 e. The van der Waals surface area contributed by atoms with Gasteiger partial charge in [0.25, 0.3) is 0 Å². The zero-order chi connectivity index (χ0) is 18.6. The minimum Gasteiger partial charge on any atom is -0.115 e. The molecule has 0 aromatic rings. The van der Waals surface area contributed by atoms with Crippen LogP contribution < -0.4 is 0 Å². The van der Waals surface area contributed by atoms with Crippen molar-refractivity contribution < 1.29 is 0 Å². The van der Waals surface area contributed by atoms with E-state index >= 15 is 0 Å². The highest BCUT2D eigenvalue weighted by molar-refractivity contribution is 6.84. The predicted octanol–water partition coefficient (Wildman–Crippen LogP) is 8.67. The fraction of sp³-hybridized carbons (Fsp3) is 0.818. The number of allylic oxidation sites excluding steroid dienone is 3. The van der Waals surface area contributed by atoms with E-state index in [0.717, 1.165) is 19.3 Å². The molecule has 0 radical (unpaired) electrons. The summed E-state index contributed by atoms with van der Waals surface area (Å²) >= 11 is 7.15. The molecule has 1 atom stereocenters. The third kappa shape index (κ3) is 10.8. The highest BCUT2D eigenvalue weighted by atomic mass is 35.5. The molecule has 0 saturated heterocycles. The molecule has 1 unspecified atom stereocenters. The molecule has 0 bridgehead atoms. The average Bonchev–Trinajstić information content (AvgIpc) is 2.48. The molecule has 0 spiro atoms. The van der Waals surface area contributed by atoms with Crippen LogP contribution in [-0.2, 0) is 0 Å². The topological polar surface area (TPSA) is 0 Å². The monoisotopic (exact) mass is 370 g/mol. The van der Waals surface area contributed by atoms with Gasteiger partial charge in [0, 0.05) is 0 Å². The van der Waals surface area contributed by atoms with Crippen LogP contribution in [0.5, 0.6) is 0 Å². The third-order valence-corrected chi connectivity index (χ3v) is 8.02. The Morgan fingerprint density at radius 2 is 1.42 bits per heavy atom. The van der Waals surface area contributed by atoms with Crippen LogP contribution in [0.4, 0.5) is 0 Å². The summed E-state index contributed by atoms with van der Waals surface area (Å²) in [7, 11) is -1.41. The van der Waals surface area contributed by atoms with E-state index in [-0.39, 0.29) is 4.87 Å². The Bertz CT molecular complexity index is 374. The molecule has 0 fully saturated rings. The lowest BCUT2D eigenvalue weighted by atomic mass is 9.94. The SMILES string of the molecule is C=C(C(Cl)(CCC=C(C)C)CCCCCCCCCC)[Si](C)(C)C. The molecule has 0 heterocycles. The van der Waals surface area contributed by atoms with Crippen molar-refractivity contribution in [2.75, 3.05) is 0 Å². The molecule has 142 valence electrons. The summed E-state index contributed by atoms with van der Waals surface area (Å²) in [6.45, 7) is 18.2. The molecule has 24 heavy (non-hydrogen) atoms. The van der Waals surface area contributed by atoms with Crippen molar-refractivity contribution in [2.45, 2.75) is 116 Å². The highest BCUT2D eigenvalue weighted by Crippen LogP contribution is 2.39. The summed E-state index contributed by atoms with van der Waals surface area (Å²) in [5, 5.41) is 1.35. The van der Waals surface area contributed by atoms with Gasteiger partial charge in [0.2, 0.25) is 0 Å². The molecule has 0 N–H and O–H groups in total. The van der Waals surface area contributed by atoms with Gasteiger partial charge in [0.05, 0.1) is 12.9 Å². The number of alkyl halides is 1. The largest absolute Gasteiger partial charge is 0.115 e. The Labute approximate surface area is 159 Å². The van der Waals surface area contributed by atoms with E-state index in [1.807, 2.05) is 0 Å². The molecule has 0 saturated carbocycles. The lowest BCUT2D eigenvalue weighted by Gasteiger charge is -2.36. The number of hydrogen-bond donors (Lipinski definition) is 0. The van der Waals surface area contributed by atoms with E-state index in [1.54, 1.807) is 0 Å². The second kappa shape index (κ2) is 12.4. The first-order chi connectivity index (χ1) is 11.1. The van der Waals surface area contributed by atoms with Crippen molar-refractivity contribution in [3.63, 3.8) is 0 Å². The van der Waals surface area contributed by atoms with E-state index in [9.17, 15) is 0 Å². The van der Waals surface area contributed by atoms with Gasteiger partial charge in [-0.1, -0.05) is 94.8 Å². The lowest BCUT2D eigenvalue weighted by Crippen LogP contribution is -2.38. The summed E-state index contributed by atoms with van der Waals surface area (Å²) in [6, 6.07) is 0. The van der Waals surface area contributed by atoms with E-state index in [2.05, 4.69) is 53.1 Å². The van der Waals surface area contributed by atoms with Crippen molar-refractivity contribution in [3.8, 4) is 0 Å². The van der Waals surface area contributed by atoms with E-state index < -0.39 is 8.07 Å². The zero-order valence-electron chi connectivity index (χ0n) is 17.4. The van der Waals surface area contributed by atoms with Crippen molar-refractivity contribution in [1.29, 1.82) is 0 Å². The average molecular weight is 371 g/mol. The Morgan fingerprint density at radius 3 is 1.88 bits per heavy atom. The normalized spacial score (nSPS) is 14.3.